The molecule has 0 aromatic heterocycles. The Hall–Kier alpha value is -2.49. The number of hydrazone groups is 1. The summed E-state index contributed by atoms with van der Waals surface area (Å²) >= 11 is 0. The van der Waals surface area contributed by atoms with Gasteiger partial charge in [-0.05, 0) is 35.9 Å². The van der Waals surface area contributed by atoms with Gasteiger partial charge in [0.1, 0.15) is 0 Å². The van der Waals surface area contributed by atoms with Crippen LogP contribution >= 0.6 is 0 Å². The topological polar surface area (TPSA) is 34.1 Å². The summed E-state index contributed by atoms with van der Waals surface area (Å²) in [5.41, 5.74) is 1.98. The van der Waals surface area contributed by atoms with Crippen molar-refractivity contribution in [2.24, 2.45) is 5.10 Å². The number of benzene rings is 2. The molecular formula is C16H18N2O2. The molecule has 0 aliphatic heterocycles. The van der Waals surface area contributed by atoms with E-state index in [2.05, 4.69) is 5.10 Å². The van der Waals surface area contributed by atoms with Crippen LogP contribution in [0, 0.1) is 0 Å². The van der Waals surface area contributed by atoms with Crippen LogP contribution in [-0.4, -0.2) is 27.5 Å². The minimum absolute atomic E-state index is 0.693. The second kappa shape index (κ2) is 6.61. The standard InChI is InChI=1S/C16H18N2O2/c1-18(14-7-5-4-6-8-14)17-12-13-9-10-15(19-2)16(11-13)20-3/h4-12H,1-3H3. The summed E-state index contributed by atoms with van der Waals surface area (Å²) in [6.45, 7) is 0. The molecule has 0 saturated carbocycles. The van der Waals surface area contributed by atoms with Crippen LogP contribution in [-0.2, 0) is 0 Å². The second-order valence-electron chi connectivity index (χ2n) is 4.22. The van der Waals surface area contributed by atoms with Crippen molar-refractivity contribution in [3.63, 3.8) is 0 Å². The van der Waals surface area contributed by atoms with Gasteiger partial charge in [-0.3, -0.25) is 5.01 Å². The number of methoxy groups -OCH3 is 2. The van der Waals surface area contributed by atoms with Gasteiger partial charge in [0.25, 0.3) is 0 Å². The fourth-order valence-corrected chi connectivity index (χ4v) is 1.80. The van der Waals surface area contributed by atoms with E-state index >= 15 is 0 Å². The fourth-order valence-electron chi connectivity index (χ4n) is 1.80. The molecule has 2 rings (SSSR count). The smallest absolute Gasteiger partial charge is 0.161 e. The second-order valence-corrected chi connectivity index (χ2v) is 4.22. The van der Waals surface area contributed by atoms with Crippen LogP contribution in [0.5, 0.6) is 11.5 Å². The normalized spacial score (nSPS) is 10.6. The highest BCUT2D eigenvalue weighted by Gasteiger charge is 2.03. The van der Waals surface area contributed by atoms with E-state index in [0.29, 0.717) is 11.5 Å². The van der Waals surface area contributed by atoms with Gasteiger partial charge >= 0.3 is 0 Å². The highest BCUT2D eigenvalue weighted by molar-refractivity contribution is 5.81. The largest absolute Gasteiger partial charge is 0.493 e. The molecule has 0 fully saturated rings. The van der Waals surface area contributed by atoms with Gasteiger partial charge in [-0.2, -0.15) is 5.10 Å². The Labute approximate surface area is 119 Å². The number of anilines is 1. The van der Waals surface area contributed by atoms with E-state index in [4.69, 9.17) is 9.47 Å². The third-order valence-corrected chi connectivity index (χ3v) is 2.92. The van der Waals surface area contributed by atoms with Gasteiger partial charge in [-0.1, -0.05) is 18.2 Å². The molecule has 0 unspecified atom stereocenters. The van der Waals surface area contributed by atoms with Crippen LogP contribution in [0.4, 0.5) is 5.69 Å². The Kier molecular flexibility index (Phi) is 4.60. The number of hydrogen-bond acceptors (Lipinski definition) is 4. The van der Waals surface area contributed by atoms with Crippen LogP contribution in [0.2, 0.25) is 0 Å². The van der Waals surface area contributed by atoms with Crippen LogP contribution in [0.1, 0.15) is 5.56 Å². The van der Waals surface area contributed by atoms with Crippen molar-refractivity contribution in [1.29, 1.82) is 0 Å². The summed E-state index contributed by atoms with van der Waals surface area (Å²) in [4.78, 5) is 0. The Bertz CT molecular complexity index is 582. The van der Waals surface area contributed by atoms with Crippen molar-refractivity contribution in [2.75, 3.05) is 26.3 Å². The third kappa shape index (κ3) is 3.29. The molecule has 2 aromatic carbocycles. The zero-order valence-corrected chi connectivity index (χ0v) is 11.9. The maximum Gasteiger partial charge on any atom is 0.161 e. The van der Waals surface area contributed by atoms with Crippen LogP contribution < -0.4 is 14.5 Å². The van der Waals surface area contributed by atoms with E-state index in [-0.39, 0.29) is 0 Å². The average Bonchev–Trinajstić information content (AvgIpc) is 2.53. The summed E-state index contributed by atoms with van der Waals surface area (Å²) < 4.78 is 10.5. The van der Waals surface area contributed by atoms with Crippen molar-refractivity contribution in [1.82, 2.24) is 0 Å². The summed E-state index contributed by atoms with van der Waals surface area (Å²) in [5, 5.41) is 6.22. The molecular weight excluding hydrogens is 252 g/mol. The van der Waals surface area contributed by atoms with Crippen molar-refractivity contribution < 1.29 is 9.47 Å². The Morgan fingerprint density at radius 3 is 2.30 bits per heavy atom. The Morgan fingerprint density at radius 1 is 0.950 bits per heavy atom. The molecule has 0 saturated heterocycles. The molecule has 2 aromatic rings. The van der Waals surface area contributed by atoms with Gasteiger partial charge in [-0.25, -0.2) is 0 Å². The highest BCUT2D eigenvalue weighted by Crippen LogP contribution is 2.26. The Balaban J connectivity index is 2.15. The first-order chi connectivity index (χ1) is 9.74. The van der Waals surface area contributed by atoms with E-state index in [0.717, 1.165) is 11.3 Å². The molecule has 0 aliphatic rings. The first-order valence-electron chi connectivity index (χ1n) is 6.29. The third-order valence-electron chi connectivity index (χ3n) is 2.92. The molecule has 0 spiro atoms. The molecule has 0 amide bonds. The molecule has 0 heterocycles. The first kappa shape index (κ1) is 13.9. The predicted molar refractivity (Wildman–Crippen MR) is 82.0 cm³/mol. The van der Waals surface area contributed by atoms with E-state index in [1.54, 1.807) is 20.4 Å². The monoisotopic (exact) mass is 270 g/mol. The molecule has 0 atom stereocenters. The predicted octanol–water partition coefficient (Wildman–Crippen LogP) is 3.17. The summed E-state index contributed by atoms with van der Waals surface area (Å²) in [6.07, 6.45) is 1.79. The Morgan fingerprint density at radius 2 is 1.65 bits per heavy atom. The number of nitrogens with zero attached hydrogens (tertiary/aromatic N) is 2. The van der Waals surface area contributed by atoms with Gasteiger partial charge < -0.3 is 9.47 Å². The van der Waals surface area contributed by atoms with Gasteiger partial charge in [0.2, 0.25) is 0 Å². The zero-order chi connectivity index (χ0) is 14.4. The molecule has 0 N–H and O–H groups in total. The van der Waals surface area contributed by atoms with Gasteiger partial charge in [0, 0.05) is 7.05 Å². The van der Waals surface area contributed by atoms with E-state index in [9.17, 15) is 0 Å². The number of hydrogen-bond donors (Lipinski definition) is 0. The molecule has 0 radical (unpaired) electrons. The van der Waals surface area contributed by atoms with E-state index in [1.165, 1.54) is 0 Å². The zero-order valence-electron chi connectivity index (χ0n) is 11.9. The van der Waals surface area contributed by atoms with Crippen LogP contribution in [0.25, 0.3) is 0 Å². The van der Waals surface area contributed by atoms with E-state index in [1.807, 2.05) is 60.6 Å². The SMILES string of the molecule is COc1ccc(C=NN(C)c2ccccc2)cc1OC. The minimum atomic E-state index is 0.693. The van der Waals surface area contributed by atoms with Gasteiger partial charge in [0.15, 0.2) is 11.5 Å². The average molecular weight is 270 g/mol. The lowest BCUT2D eigenvalue weighted by molar-refractivity contribution is 0.355. The van der Waals surface area contributed by atoms with Crippen LogP contribution in [0.3, 0.4) is 0 Å². The molecule has 0 bridgehead atoms. The maximum absolute atomic E-state index is 5.27. The molecule has 104 valence electrons. The van der Waals surface area contributed by atoms with Crippen molar-refractivity contribution in [3.05, 3.63) is 54.1 Å². The number of ether oxygens (including phenoxy) is 2. The van der Waals surface area contributed by atoms with Gasteiger partial charge in [-0.15, -0.1) is 0 Å². The molecule has 20 heavy (non-hydrogen) atoms. The van der Waals surface area contributed by atoms with Gasteiger partial charge in [0.05, 0.1) is 26.1 Å². The lowest BCUT2D eigenvalue weighted by Gasteiger charge is -2.12. The number of para-hydroxylation sites is 1. The minimum Gasteiger partial charge on any atom is -0.493 e. The summed E-state index contributed by atoms with van der Waals surface area (Å²) in [5.74, 6) is 1.40. The van der Waals surface area contributed by atoms with Crippen molar-refractivity contribution in [3.8, 4) is 11.5 Å². The van der Waals surface area contributed by atoms with Crippen LogP contribution in [0.15, 0.2) is 53.6 Å². The number of rotatable bonds is 5. The summed E-state index contributed by atoms with van der Waals surface area (Å²) in [6, 6.07) is 15.6. The quantitative estimate of drug-likeness (QED) is 0.618. The fraction of sp³-hybridized carbons (Fsp3) is 0.188. The van der Waals surface area contributed by atoms with Crippen molar-refractivity contribution >= 4 is 11.9 Å². The highest BCUT2D eigenvalue weighted by atomic mass is 16.5. The summed E-state index contributed by atoms with van der Waals surface area (Å²) in [7, 11) is 5.15. The lowest BCUT2D eigenvalue weighted by atomic mass is 10.2. The molecule has 0 aliphatic carbocycles. The maximum atomic E-state index is 5.27. The molecule has 4 heteroatoms. The molecule has 4 nitrogen and oxygen atoms in total. The first-order valence-corrected chi connectivity index (χ1v) is 6.29. The van der Waals surface area contributed by atoms with E-state index < -0.39 is 0 Å². The lowest BCUT2D eigenvalue weighted by Crippen LogP contribution is -2.08. The van der Waals surface area contributed by atoms with Crippen molar-refractivity contribution in [2.45, 2.75) is 0 Å².